The zero-order chi connectivity index (χ0) is 10.9. The Hall–Kier alpha value is -1.57. The Morgan fingerprint density at radius 2 is 2.14 bits per heavy atom. The quantitative estimate of drug-likeness (QED) is 0.707. The molecular formula is C6H9N3O4S. The van der Waals surface area contributed by atoms with Gasteiger partial charge in [-0.25, -0.2) is 8.42 Å². The SMILES string of the molecule is Cc1oc(C(N)=O)nc1NS(C)(=O)=O. The van der Waals surface area contributed by atoms with Crippen LogP contribution in [0.3, 0.4) is 0 Å². The maximum atomic E-state index is 10.8. The van der Waals surface area contributed by atoms with Gasteiger partial charge in [-0.15, -0.1) is 0 Å². The first-order valence-corrected chi connectivity index (χ1v) is 5.44. The van der Waals surface area contributed by atoms with Crippen molar-refractivity contribution in [3.05, 3.63) is 11.7 Å². The van der Waals surface area contributed by atoms with E-state index in [1.165, 1.54) is 6.92 Å². The Morgan fingerprint density at radius 3 is 2.50 bits per heavy atom. The molecule has 0 fully saturated rings. The Bertz CT molecular complexity index is 461. The molecule has 1 heterocycles. The van der Waals surface area contributed by atoms with Crippen LogP contribution in [-0.4, -0.2) is 25.6 Å². The summed E-state index contributed by atoms with van der Waals surface area (Å²) in [5.41, 5.74) is 4.89. The predicted molar refractivity (Wildman–Crippen MR) is 48.2 cm³/mol. The number of sulfonamides is 1. The van der Waals surface area contributed by atoms with Gasteiger partial charge in [0.2, 0.25) is 10.0 Å². The molecule has 0 aliphatic rings. The van der Waals surface area contributed by atoms with Gasteiger partial charge in [-0.1, -0.05) is 0 Å². The fourth-order valence-electron chi connectivity index (χ4n) is 0.772. The number of nitrogens with zero attached hydrogens (tertiary/aromatic N) is 1. The topological polar surface area (TPSA) is 115 Å². The number of nitrogens with two attached hydrogens (primary N) is 1. The number of carbonyl (C=O) groups is 1. The summed E-state index contributed by atoms with van der Waals surface area (Å²) in [7, 11) is -3.44. The van der Waals surface area contributed by atoms with Gasteiger partial charge < -0.3 is 10.2 Å². The van der Waals surface area contributed by atoms with Crippen LogP contribution in [0.25, 0.3) is 0 Å². The molecule has 1 aromatic heterocycles. The van der Waals surface area contributed by atoms with Crippen LogP contribution < -0.4 is 10.5 Å². The molecule has 0 aromatic carbocycles. The van der Waals surface area contributed by atoms with Crippen molar-refractivity contribution in [3.63, 3.8) is 0 Å². The lowest BCUT2D eigenvalue weighted by Gasteiger charge is -1.97. The Morgan fingerprint density at radius 1 is 1.57 bits per heavy atom. The summed E-state index contributed by atoms with van der Waals surface area (Å²) in [4.78, 5) is 14.2. The molecule has 78 valence electrons. The number of nitrogens with one attached hydrogen (secondary N) is 1. The maximum absolute atomic E-state index is 10.8. The van der Waals surface area contributed by atoms with E-state index in [0.29, 0.717) is 0 Å². The zero-order valence-corrected chi connectivity index (χ0v) is 8.38. The zero-order valence-electron chi connectivity index (χ0n) is 7.57. The van der Waals surface area contributed by atoms with Gasteiger partial charge in [0.15, 0.2) is 5.82 Å². The van der Waals surface area contributed by atoms with Crippen molar-refractivity contribution < 1.29 is 17.6 Å². The van der Waals surface area contributed by atoms with E-state index >= 15 is 0 Å². The van der Waals surface area contributed by atoms with Gasteiger partial charge in [-0.05, 0) is 6.92 Å². The first-order valence-electron chi connectivity index (χ1n) is 3.54. The number of amides is 1. The number of hydrogen-bond acceptors (Lipinski definition) is 5. The minimum absolute atomic E-state index is 0.0266. The highest BCUT2D eigenvalue weighted by Gasteiger charge is 2.15. The third-order valence-corrected chi connectivity index (χ3v) is 1.85. The number of hydrogen-bond donors (Lipinski definition) is 2. The Balaban J connectivity index is 3.05. The minimum atomic E-state index is -3.44. The summed E-state index contributed by atoms with van der Waals surface area (Å²) < 4.78 is 28.5. The van der Waals surface area contributed by atoms with Gasteiger partial charge in [0.25, 0.3) is 5.89 Å². The molecule has 0 aliphatic carbocycles. The van der Waals surface area contributed by atoms with Crippen molar-refractivity contribution in [2.45, 2.75) is 6.92 Å². The van der Waals surface area contributed by atoms with Crippen molar-refractivity contribution in [2.24, 2.45) is 5.73 Å². The molecule has 0 radical (unpaired) electrons. The van der Waals surface area contributed by atoms with Crippen LogP contribution in [0, 0.1) is 6.92 Å². The molecule has 0 aliphatic heterocycles. The summed E-state index contributed by atoms with van der Waals surface area (Å²) in [5, 5.41) is 0. The summed E-state index contributed by atoms with van der Waals surface area (Å²) in [5.74, 6) is -1.02. The highest BCUT2D eigenvalue weighted by atomic mass is 32.2. The first-order chi connectivity index (χ1) is 6.29. The lowest BCUT2D eigenvalue weighted by atomic mass is 10.5. The van der Waals surface area contributed by atoms with Gasteiger partial charge in [-0.2, -0.15) is 4.98 Å². The number of aryl methyl sites for hydroxylation is 1. The molecule has 3 N–H and O–H groups in total. The minimum Gasteiger partial charge on any atom is -0.435 e. The predicted octanol–water partition coefficient (Wildman–Crippen LogP) is -0.547. The average Bonchev–Trinajstić information content (AvgIpc) is 2.29. The molecule has 0 saturated heterocycles. The monoisotopic (exact) mass is 219 g/mol. The lowest BCUT2D eigenvalue weighted by molar-refractivity contribution is 0.0966. The van der Waals surface area contributed by atoms with E-state index in [4.69, 9.17) is 10.2 Å². The highest BCUT2D eigenvalue weighted by Crippen LogP contribution is 2.15. The second kappa shape index (κ2) is 3.29. The molecule has 0 saturated carbocycles. The van der Waals surface area contributed by atoms with Crippen LogP contribution in [0.4, 0.5) is 5.82 Å². The normalized spacial score (nSPS) is 11.3. The van der Waals surface area contributed by atoms with Crippen LogP contribution in [0.2, 0.25) is 0 Å². The first kappa shape index (κ1) is 10.5. The second-order valence-electron chi connectivity index (χ2n) is 2.66. The number of anilines is 1. The third kappa shape index (κ3) is 2.46. The summed E-state index contributed by atoms with van der Waals surface area (Å²) in [6.45, 7) is 1.47. The van der Waals surface area contributed by atoms with Crippen molar-refractivity contribution in [2.75, 3.05) is 11.0 Å². The molecule has 7 nitrogen and oxygen atoms in total. The smallest absolute Gasteiger partial charge is 0.304 e. The number of oxazole rings is 1. The fraction of sp³-hybridized carbons (Fsp3) is 0.333. The van der Waals surface area contributed by atoms with Gasteiger partial charge in [0.05, 0.1) is 6.26 Å². The molecule has 8 heteroatoms. The molecular weight excluding hydrogens is 210 g/mol. The summed E-state index contributed by atoms with van der Waals surface area (Å²) in [6, 6.07) is 0. The van der Waals surface area contributed by atoms with Crippen LogP contribution in [0.1, 0.15) is 16.4 Å². The van der Waals surface area contributed by atoms with Crippen molar-refractivity contribution in [1.29, 1.82) is 0 Å². The number of primary amides is 1. The average molecular weight is 219 g/mol. The molecule has 1 aromatic rings. The van der Waals surface area contributed by atoms with E-state index in [2.05, 4.69) is 9.71 Å². The Kier molecular flexibility index (Phi) is 2.47. The molecule has 1 rings (SSSR count). The maximum Gasteiger partial charge on any atom is 0.304 e. The van der Waals surface area contributed by atoms with E-state index in [9.17, 15) is 13.2 Å². The van der Waals surface area contributed by atoms with E-state index in [1.807, 2.05) is 0 Å². The molecule has 1 amide bonds. The van der Waals surface area contributed by atoms with Gasteiger partial charge >= 0.3 is 5.91 Å². The van der Waals surface area contributed by atoms with Gasteiger partial charge in [0, 0.05) is 0 Å². The van der Waals surface area contributed by atoms with Crippen LogP contribution in [0.15, 0.2) is 4.42 Å². The van der Waals surface area contributed by atoms with Gasteiger partial charge in [-0.3, -0.25) is 9.52 Å². The molecule has 0 spiro atoms. The number of rotatable bonds is 3. The van der Waals surface area contributed by atoms with Crippen LogP contribution >= 0.6 is 0 Å². The van der Waals surface area contributed by atoms with Crippen LogP contribution in [0.5, 0.6) is 0 Å². The highest BCUT2D eigenvalue weighted by molar-refractivity contribution is 7.92. The van der Waals surface area contributed by atoms with E-state index < -0.39 is 15.9 Å². The summed E-state index contributed by atoms with van der Waals surface area (Å²) in [6.07, 6.45) is 0.963. The Labute approximate surface area is 80.4 Å². The molecule has 14 heavy (non-hydrogen) atoms. The second-order valence-corrected chi connectivity index (χ2v) is 4.41. The lowest BCUT2D eigenvalue weighted by Crippen LogP contribution is -2.13. The molecule has 0 unspecified atom stereocenters. The largest absolute Gasteiger partial charge is 0.435 e. The van der Waals surface area contributed by atoms with Crippen molar-refractivity contribution in [1.82, 2.24) is 4.98 Å². The van der Waals surface area contributed by atoms with Crippen molar-refractivity contribution >= 4 is 21.7 Å². The van der Waals surface area contributed by atoms with Gasteiger partial charge in [0.1, 0.15) is 5.76 Å². The van der Waals surface area contributed by atoms with E-state index in [1.54, 1.807) is 0 Å². The standard InChI is InChI=1S/C6H9N3O4S/c1-3-5(9-14(2,11)12)8-6(13-3)4(7)10/h9H,1-2H3,(H2,7,10). The van der Waals surface area contributed by atoms with Crippen molar-refractivity contribution in [3.8, 4) is 0 Å². The van der Waals surface area contributed by atoms with E-state index in [0.717, 1.165) is 6.26 Å². The fourth-order valence-corrected chi connectivity index (χ4v) is 1.31. The molecule has 0 atom stereocenters. The number of aromatic nitrogens is 1. The third-order valence-electron chi connectivity index (χ3n) is 1.29. The molecule has 0 bridgehead atoms. The van der Waals surface area contributed by atoms with Crippen LogP contribution in [-0.2, 0) is 10.0 Å². The van der Waals surface area contributed by atoms with E-state index in [-0.39, 0.29) is 17.5 Å². The number of carbonyl (C=O) groups excluding carboxylic acids is 1. The summed E-state index contributed by atoms with van der Waals surface area (Å²) >= 11 is 0.